The van der Waals surface area contributed by atoms with Gasteiger partial charge in [-0.25, -0.2) is 4.79 Å². The zero-order valence-electron chi connectivity index (χ0n) is 11.2. The van der Waals surface area contributed by atoms with Crippen molar-refractivity contribution in [3.8, 4) is 0 Å². The second kappa shape index (κ2) is 6.00. The van der Waals surface area contributed by atoms with Crippen molar-refractivity contribution >= 4 is 17.4 Å². The summed E-state index contributed by atoms with van der Waals surface area (Å²) in [6, 6.07) is 7.57. The van der Waals surface area contributed by atoms with Crippen LogP contribution in [0.2, 0.25) is 0 Å². The normalized spacial score (nSPS) is 10.1. The lowest BCUT2D eigenvalue weighted by atomic mass is 10.1. The minimum atomic E-state index is -0.656. The molecule has 0 aliphatic heterocycles. The van der Waals surface area contributed by atoms with Crippen LogP contribution in [0.1, 0.15) is 23.0 Å². The smallest absolute Gasteiger partial charge is 0.325 e. The molecule has 0 saturated heterocycles. The summed E-state index contributed by atoms with van der Waals surface area (Å²) in [4.78, 5) is 49.5. The van der Waals surface area contributed by atoms with Gasteiger partial charge in [0, 0.05) is 23.0 Å². The van der Waals surface area contributed by atoms with Crippen molar-refractivity contribution in [2.24, 2.45) is 0 Å². The average molecular weight is 287 g/mol. The van der Waals surface area contributed by atoms with E-state index in [1.54, 1.807) is 24.3 Å². The number of hydrogen-bond donors (Lipinski definition) is 3. The molecular weight excluding hydrogens is 274 g/mol. The molecule has 7 nitrogen and oxygen atoms in total. The third kappa shape index (κ3) is 4.00. The van der Waals surface area contributed by atoms with Crippen LogP contribution in [-0.4, -0.2) is 21.7 Å². The maximum atomic E-state index is 11.8. The number of rotatable bonds is 4. The van der Waals surface area contributed by atoms with Gasteiger partial charge in [-0.2, -0.15) is 0 Å². The molecule has 2 rings (SSSR count). The standard InChI is InChI=1S/C14H13N3O4/c1-8(18)9-2-4-10(5-3-9)15-12(19)6-11-7-13(20)17-14(21)16-11/h2-5,7H,6H2,1H3,(H,15,19)(H2,16,17,20,21). The Balaban J connectivity index is 2.06. The summed E-state index contributed by atoms with van der Waals surface area (Å²) in [6.45, 7) is 1.46. The molecule has 0 atom stereocenters. The first-order chi connectivity index (χ1) is 9.94. The van der Waals surface area contributed by atoms with E-state index >= 15 is 0 Å². The lowest BCUT2D eigenvalue weighted by Crippen LogP contribution is -2.25. The number of carbonyl (C=O) groups is 2. The van der Waals surface area contributed by atoms with Crippen molar-refractivity contribution in [2.45, 2.75) is 13.3 Å². The molecule has 1 amide bonds. The fourth-order valence-corrected chi connectivity index (χ4v) is 1.78. The number of aromatic amines is 2. The van der Waals surface area contributed by atoms with Crippen LogP contribution < -0.4 is 16.6 Å². The second-order valence-corrected chi connectivity index (χ2v) is 4.47. The summed E-state index contributed by atoms with van der Waals surface area (Å²) in [5, 5.41) is 2.61. The van der Waals surface area contributed by atoms with Crippen LogP contribution >= 0.6 is 0 Å². The van der Waals surface area contributed by atoms with Crippen molar-refractivity contribution in [1.82, 2.24) is 9.97 Å². The highest BCUT2D eigenvalue weighted by Gasteiger charge is 2.06. The molecule has 0 spiro atoms. The predicted molar refractivity (Wildman–Crippen MR) is 76.5 cm³/mol. The van der Waals surface area contributed by atoms with E-state index in [2.05, 4.69) is 10.3 Å². The molecule has 0 unspecified atom stereocenters. The number of Topliss-reactive ketones (excluding diaryl/α,β-unsaturated/α-hetero) is 1. The van der Waals surface area contributed by atoms with Gasteiger partial charge in [0.2, 0.25) is 5.91 Å². The summed E-state index contributed by atoms with van der Waals surface area (Å²) in [5.41, 5.74) is 0.0780. The van der Waals surface area contributed by atoms with E-state index in [0.717, 1.165) is 6.07 Å². The Kier molecular flexibility index (Phi) is 4.13. The molecule has 2 aromatic rings. The third-order valence-corrected chi connectivity index (χ3v) is 2.74. The monoisotopic (exact) mass is 287 g/mol. The molecule has 3 N–H and O–H groups in total. The van der Waals surface area contributed by atoms with Crippen molar-refractivity contribution in [2.75, 3.05) is 5.32 Å². The lowest BCUT2D eigenvalue weighted by Gasteiger charge is -2.05. The molecule has 7 heteroatoms. The summed E-state index contributed by atoms with van der Waals surface area (Å²) in [7, 11) is 0. The Morgan fingerprint density at radius 3 is 2.33 bits per heavy atom. The molecule has 108 valence electrons. The molecule has 0 saturated carbocycles. The van der Waals surface area contributed by atoms with Gasteiger partial charge in [0.25, 0.3) is 5.56 Å². The van der Waals surface area contributed by atoms with Gasteiger partial charge < -0.3 is 10.3 Å². The highest BCUT2D eigenvalue weighted by Crippen LogP contribution is 2.10. The SMILES string of the molecule is CC(=O)c1ccc(NC(=O)Cc2cc(=O)[nH]c(=O)[nH]2)cc1. The maximum absolute atomic E-state index is 11.8. The first-order valence-electron chi connectivity index (χ1n) is 6.17. The van der Waals surface area contributed by atoms with E-state index in [4.69, 9.17) is 0 Å². The van der Waals surface area contributed by atoms with Gasteiger partial charge in [-0.15, -0.1) is 0 Å². The topological polar surface area (TPSA) is 112 Å². The highest BCUT2D eigenvalue weighted by molar-refractivity contribution is 5.95. The third-order valence-electron chi connectivity index (χ3n) is 2.74. The Labute approximate surface area is 119 Å². The number of nitrogens with one attached hydrogen (secondary N) is 3. The van der Waals surface area contributed by atoms with Crippen LogP contribution in [0, 0.1) is 0 Å². The summed E-state index contributed by atoms with van der Waals surface area (Å²) >= 11 is 0. The number of benzene rings is 1. The van der Waals surface area contributed by atoms with Crippen LogP contribution in [-0.2, 0) is 11.2 Å². The van der Waals surface area contributed by atoms with Gasteiger partial charge in [0.15, 0.2) is 5.78 Å². The molecule has 1 aromatic heterocycles. The van der Waals surface area contributed by atoms with E-state index < -0.39 is 11.2 Å². The second-order valence-electron chi connectivity index (χ2n) is 4.47. The Hall–Kier alpha value is -2.96. The van der Waals surface area contributed by atoms with E-state index in [0.29, 0.717) is 11.3 Å². The van der Waals surface area contributed by atoms with Crippen LogP contribution in [0.4, 0.5) is 5.69 Å². The van der Waals surface area contributed by atoms with Crippen LogP contribution in [0.25, 0.3) is 0 Å². The first kappa shape index (κ1) is 14.4. The summed E-state index contributed by atoms with van der Waals surface area (Å²) in [6.07, 6.45) is -0.131. The molecular formula is C14H13N3O4. The van der Waals surface area contributed by atoms with E-state index in [1.807, 2.05) is 4.98 Å². The number of aromatic nitrogens is 2. The molecule has 0 bridgehead atoms. The van der Waals surface area contributed by atoms with Crippen LogP contribution in [0.3, 0.4) is 0 Å². The van der Waals surface area contributed by atoms with Crippen LogP contribution in [0.15, 0.2) is 39.9 Å². The fraction of sp³-hybridized carbons (Fsp3) is 0.143. The number of hydrogen-bond acceptors (Lipinski definition) is 4. The molecule has 0 aliphatic carbocycles. The first-order valence-corrected chi connectivity index (χ1v) is 6.17. The number of anilines is 1. The van der Waals surface area contributed by atoms with Gasteiger partial charge in [0.1, 0.15) is 0 Å². The molecule has 0 radical (unpaired) electrons. The summed E-state index contributed by atoms with van der Waals surface area (Å²) < 4.78 is 0. The lowest BCUT2D eigenvalue weighted by molar-refractivity contribution is -0.115. The largest absolute Gasteiger partial charge is 0.326 e. The predicted octanol–water partition coefficient (Wildman–Crippen LogP) is 0.447. The zero-order valence-corrected chi connectivity index (χ0v) is 11.2. The fourth-order valence-electron chi connectivity index (χ4n) is 1.78. The van der Waals surface area contributed by atoms with E-state index in [-0.39, 0.29) is 23.8 Å². The van der Waals surface area contributed by atoms with E-state index in [1.165, 1.54) is 6.92 Å². The Morgan fingerprint density at radius 1 is 1.10 bits per heavy atom. The molecule has 0 aliphatic rings. The molecule has 1 aromatic carbocycles. The molecule has 0 fully saturated rings. The quantitative estimate of drug-likeness (QED) is 0.708. The van der Waals surface area contributed by atoms with Crippen molar-refractivity contribution in [1.29, 1.82) is 0 Å². The number of H-pyrrole nitrogens is 2. The van der Waals surface area contributed by atoms with Crippen molar-refractivity contribution in [3.63, 3.8) is 0 Å². The van der Waals surface area contributed by atoms with Gasteiger partial charge in [-0.1, -0.05) is 0 Å². The van der Waals surface area contributed by atoms with Crippen molar-refractivity contribution in [3.05, 3.63) is 62.4 Å². The number of ketones is 1. The van der Waals surface area contributed by atoms with Crippen LogP contribution in [0.5, 0.6) is 0 Å². The van der Waals surface area contributed by atoms with Gasteiger partial charge in [-0.3, -0.25) is 19.4 Å². The van der Waals surface area contributed by atoms with Gasteiger partial charge >= 0.3 is 5.69 Å². The highest BCUT2D eigenvalue weighted by atomic mass is 16.2. The Morgan fingerprint density at radius 2 is 1.76 bits per heavy atom. The molecule has 21 heavy (non-hydrogen) atoms. The minimum absolute atomic E-state index is 0.0611. The zero-order chi connectivity index (χ0) is 15.4. The number of carbonyl (C=O) groups excluding carboxylic acids is 2. The average Bonchev–Trinajstić information content (AvgIpc) is 2.37. The van der Waals surface area contributed by atoms with E-state index in [9.17, 15) is 19.2 Å². The Bertz CT molecular complexity index is 759. The minimum Gasteiger partial charge on any atom is -0.326 e. The van der Waals surface area contributed by atoms with Crippen molar-refractivity contribution < 1.29 is 9.59 Å². The molecule has 1 heterocycles. The van der Waals surface area contributed by atoms with Gasteiger partial charge in [0.05, 0.1) is 6.42 Å². The van der Waals surface area contributed by atoms with Gasteiger partial charge in [-0.05, 0) is 31.2 Å². The number of amides is 1. The summed E-state index contributed by atoms with van der Waals surface area (Å²) in [5.74, 6) is -0.444. The maximum Gasteiger partial charge on any atom is 0.325 e.